The number of benzene rings is 1. The molecule has 4 nitrogen and oxygen atoms in total. The van der Waals surface area contributed by atoms with Crippen LogP contribution >= 0.6 is 0 Å². The van der Waals surface area contributed by atoms with Crippen molar-refractivity contribution in [2.45, 2.75) is 43.9 Å². The van der Waals surface area contributed by atoms with Gasteiger partial charge in [-0.15, -0.1) is 0 Å². The van der Waals surface area contributed by atoms with Gasteiger partial charge in [0.05, 0.1) is 13.2 Å². The molecule has 0 amide bonds. The van der Waals surface area contributed by atoms with Crippen LogP contribution in [0.15, 0.2) is 30.3 Å². The highest BCUT2D eigenvalue weighted by Crippen LogP contribution is 2.24. The molecule has 1 aromatic carbocycles. The van der Waals surface area contributed by atoms with Crippen molar-refractivity contribution in [1.29, 1.82) is 0 Å². The van der Waals surface area contributed by atoms with E-state index in [0.29, 0.717) is 0 Å². The standard InChI is InChI=1S/C16H23NO3/c1-19-14-11-7-6-10-13(14)17-15(16(18)20-2)12-8-4-3-5-9-12/h3-5,8-9,13-15,17H,6-7,10-11H2,1-2H3. The zero-order chi connectivity index (χ0) is 14.4. The van der Waals surface area contributed by atoms with Crippen LogP contribution in [0.3, 0.4) is 0 Å². The molecule has 0 aliphatic heterocycles. The number of esters is 1. The van der Waals surface area contributed by atoms with E-state index in [1.807, 2.05) is 30.3 Å². The lowest BCUT2D eigenvalue weighted by molar-refractivity contribution is -0.144. The third-order valence-electron chi connectivity index (χ3n) is 3.96. The smallest absolute Gasteiger partial charge is 0.327 e. The molecule has 1 aliphatic carbocycles. The second-order valence-corrected chi connectivity index (χ2v) is 5.20. The Bertz CT molecular complexity index is 421. The average molecular weight is 277 g/mol. The van der Waals surface area contributed by atoms with E-state index in [2.05, 4.69) is 5.32 Å². The Labute approximate surface area is 120 Å². The molecule has 4 heteroatoms. The molecule has 1 aromatic rings. The number of hydrogen-bond acceptors (Lipinski definition) is 4. The fourth-order valence-electron chi connectivity index (χ4n) is 2.85. The van der Waals surface area contributed by atoms with Crippen LogP contribution in [-0.2, 0) is 14.3 Å². The first kappa shape index (κ1) is 15.0. The molecule has 2 rings (SSSR count). The van der Waals surface area contributed by atoms with Crippen molar-refractivity contribution < 1.29 is 14.3 Å². The van der Waals surface area contributed by atoms with E-state index in [4.69, 9.17) is 9.47 Å². The monoisotopic (exact) mass is 277 g/mol. The van der Waals surface area contributed by atoms with Crippen molar-refractivity contribution in [3.63, 3.8) is 0 Å². The Hall–Kier alpha value is -1.39. The molecule has 1 saturated carbocycles. The molecule has 3 atom stereocenters. The van der Waals surface area contributed by atoms with E-state index in [-0.39, 0.29) is 18.1 Å². The molecule has 0 bridgehead atoms. The van der Waals surface area contributed by atoms with Crippen LogP contribution in [0, 0.1) is 0 Å². The van der Waals surface area contributed by atoms with Gasteiger partial charge >= 0.3 is 5.97 Å². The predicted octanol–water partition coefficient (Wildman–Crippen LogP) is 2.45. The van der Waals surface area contributed by atoms with Crippen molar-refractivity contribution >= 4 is 5.97 Å². The Morgan fingerprint density at radius 2 is 1.90 bits per heavy atom. The van der Waals surface area contributed by atoms with Gasteiger partial charge < -0.3 is 9.47 Å². The van der Waals surface area contributed by atoms with Gasteiger partial charge in [0.1, 0.15) is 6.04 Å². The van der Waals surface area contributed by atoms with Gasteiger partial charge in [-0.2, -0.15) is 0 Å². The van der Waals surface area contributed by atoms with E-state index >= 15 is 0 Å². The summed E-state index contributed by atoms with van der Waals surface area (Å²) in [6, 6.07) is 9.46. The van der Waals surface area contributed by atoms with Gasteiger partial charge in [-0.3, -0.25) is 5.32 Å². The lowest BCUT2D eigenvalue weighted by Gasteiger charge is -2.33. The summed E-state index contributed by atoms with van der Waals surface area (Å²) in [6.07, 6.45) is 4.58. The van der Waals surface area contributed by atoms with Crippen LogP contribution in [0.25, 0.3) is 0 Å². The molecule has 110 valence electrons. The van der Waals surface area contributed by atoms with Gasteiger partial charge in [0, 0.05) is 13.2 Å². The summed E-state index contributed by atoms with van der Waals surface area (Å²) >= 11 is 0. The van der Waals surface area contributed by atoms with Gasteiger partial charge in [0.25, 0.3) is 0 Å². The van der Waals surface area contributed by atoms with Crippen molar-refractivity contribution in [3.8, 4) is 0 Å². The van der Waals surface area contributed by atoms with Crippen molar-refractivity contribution in [3.05, 3.63) is 35.9 Å². The summed E-state index contributed by atoms with van der Waals surface area (Å²) < 4.78 is 10.5. The van der Waals surface area contributed by atoms with Crippen molar-refractivity contribution in [2.75, 3.05) is 14.2 Å². The van der Waals surface area contributed by atoms with Gasteiger partial charge in [0.15, 0.2) is 0 Å². The zero-order valence-corrected chi connectivity index (χ0v) is 12.2. The predicted molar refractivity (Wildman–Crippen MR) is 77.4 cm³/mol. The molecular weight excluding hydrogens is 254 g/mol. The molecule has 20 heavy (non-hydrogen) atoms. The molecule has 0 heterocycles. The lowest BCUT2D eigenvalue weighted by Crippen LogP contribution is -2.46. The largest absolute Gasteiger partial charge is 0.468 e. The zero-order valence-electron chi connectivity index (χ0n) is 12.2. The quantitative estimate of drug-likeness (QED) is 0.840. The molecule has 0 saturated heterocycles. The van der Waals surface area contributed by atoms with E-state index < -0.39 is 6.04 Å². The summed E-state index contributed by atoms with van der Waals surface area (Å²) in [5.74, 6) is -0.253. The fourth-order valence-corrected chi connectivity index (χ4v) is 2.85. The third-order valence-corrected chi connectivity index (χ3v) is 3.96. The molecule has 0 aromatic heterocycles. The number of carbonyl (C=O) groups excluding carboxylic acids is 1. The van der Waals surface area contributed by atoms with Crippen LogP contribution < -0.4 is 5.32 Å². The average Bonchev–Trinajstić information content (AvgIpc) is 2.53. The van der Waals surface area contributed by atoms with E-state index in [0.717, 1.165) is 18.4 Å². The second-order valence-electron chi connectivity index (χ2n) is 5.20. The highest BCUT2D eigenvalue weighted by Gasteiger charge is 2.30. The minimum absolute atomic E-state index is 0.166. The number of hydrogen-bond donors (Lipinski definition) is 1. The topological polar surface area (TPSA) is 47.6 Å². The number of nitrogens with one attached hydrogen (secondary N) is 1. The first-order valence-corrected chi connectivity index (χ1v) is 7.18. The van der Waals surface area contributed by atoms with Crippen LogP contribution in [-0.4, -0.2) is 32.3 Å². The molecule has 3 unspecified atom stereocenters. The number of methoxy groups -OCH3 is 2. The maximum atomic E-state index is 12.1. The summed E-state index contributed by atoms with van der Waals surface area (Å²) in [5, 5.41) is 3.42. The van der Waals surface area contributed by atoms with Gasteiger partial charge in [-0.25, -0.2) is 4.79 Å². The van der Waals surface area contributed by atoms with Gasteiger partial charge in [-0.05, 0) is 18.4 Å². The summed E-state index contributed by atoms with van der Waals surface area (Å²) in [4.78, 5) is 12.1. The summed E-state index contributed by atoms with van der Waals surface area (Å²) in [6.45, 7) is 0. The van der Waals surface area contributed by atoms with Crippen molar-refractivity contribution in [2.24, 2.45) is 0 Å². The van der Waals surface area contributed by atoms with Crippen LogP contribution in [0.1, 0.15) is 37.3 Å². The Balaban J connectivity index is 2.13. The molecular formula is C16H23NO3. The number of rotatable bonds is 5. The maximum Gasteiger partial charge on any atom is 0.327 e. The summed E-state index contributed by atoms with van der Waals surface area (Å²) in [7, 11) is 3.16. The first-order chi connectivity index (χ1) is 9.76. The molecule has 0 radical (unpaired) electrons. The minimum atomic E-state index is -0.429. The lowest BCUT2D eigenvalue weighted by atomic mass is 9.91. The Morgan fingerprint density at radius 3 is 2.55 bits per heavy atom. The Morgan fingerprint density at radius 1 is 1.20 bits per heavy atom. The van der Waals surface area contributed by atoms with E-state index in [1.54, 1.807) is 7.11 Å². The van der Waals surface area contributed by atoms with Gasteiger partial charge in [-0.1, -0.05) is 43.2 Å². The second kappa shape index (κ2) is 7.41. The van der Waals surface area contributed by atoms with Crippen LogP contribution in [0.5, 0.6) is 0 Å². The van der Waals surface area contributed by atoms with Gasteiger partial charge in [0.2, 0.25) is 0 Å². The molecule has 1 aliphatic rings. The minimum Gasteiger partial charge on any atom is -0.468 e. The SMILES string of the molecule is COC(=O)C(NC1CCCCC1OC)c1ccccc1. The third kappa shape index (κ3) is 3.58. The maximum absolute atomic E-state index is 12.1. The fraction of sp³-hybridized carbons (Fsp3) is 0.562. The van der Waals surface area contributed by atoms with Crippen LogP contribution in [0.2, 0.25) is 0 Å². The van der Waals surface area contributed by atoms with Crippen molar-refractivity contribution in [1.82, 2.24) is 5.32 Å². The van der Waals surface area contributed by atoms with E-state index in [9.17, 15) is 4.79 Å². The highest BCUT2D eigenvalue weighted by molar-refractivity contribution is 5.77. The molecule has 1 fully saturated rings. The van der Waals surface area contributed by atoms with Crippen LogP contribution in [0.4, 0.5) is 0 Å². The number of ether oxygens (including phenoxy) is 2. The first-order valence-electron chi connectivity index (χ1n) is 7.18. The normalized spacial score (nSPS) is 24.1. The van der Waals surface area contributed by atoms with E-state index in [1.165, 1.54) is 20.0 Å². The highest BCUT2D eigenvalue weighted by atomic mass is 16.5. The molecule has 0 spiro atoms. The Kier molecular flexibility index (Phi) is 5.56. The number of carbonyl (C=O) groups is 1. The molecule has 1 N–H and O–H groups in total. The summed E-state index contributed by atoms with van der Waals surface area (Å²) in [5.41, 5.74) is 0.930.